The summed E-state index contributed by atoms with van der Waals surface area (Å²) in [6.45, 7) is 0.0786. The fourth-order valence-corrected chi connectivity index (χ4v) is 1.53. The van der Waals surface area contributed by atoms with Gasteiger partial charge in [-0.15, -0.1) is 0 Å². The largest absolute Gasteiger partial charge is 0.481 e. The van der Waals surface area contributed by atoms with Crippen molar-refractivity contribution in [2.24, 2.45) is 0 Å². The zero-order valence-electron chi connectivity index (χ0n) is 9.35. The SMILES string of the molecule is O=C(O)CCN(Cc1ccccc1)CC(F)F. The Morgan fingerprint density at radius 1 is 1.29 bits per heavy atom. The van der Waals surface area contributed by atoms with E-state index in [1.807, 2.05) is 30.3 Å². The second kappa shape index (κ2) is 6.96. The molecule has 0 saturated heterocycles. The summed E-state index contributed by atoms with van der Waals surface area (Å²) in [5.41, 5.74) is 0.901. The average Bonchev–Trinajstić information content (AvgIpc) is 2.26. The van der Waals surface area contributed by atoms with Crippen LogP contribution in [0, 0.1) is 0 Å². The third-order valence-electron chi connectivity index (χ3n) is 2.29. The van der Waals surface area contributed by atoms with Gasteiger partial charge >= 0.3 is 5.97 Å². The Morgan fingerprint density at radius 3 is 2.47 bits per heavy atom. The quantitative estimate of drug-likeness (QED) is 0.798. The van der Waals surface area contributed by atoms with E-state index >= 15 is 0 Å². The molecule has 0 unspecified atom stereocenters. The third kappa shape index (κ3) is 5.97. The molecule has 0 bridgehead atoms. The van der Waals surface area contributed by atoms with Crippen LogP contribution in [0.15, 0.2) is 30.3 Å². The molecule has 0 aromatic heterocycles. The van der Waals surface area contributed by atoms with Crippen molar-refractivity contribution < 1.29 is 18.7 Å². The van der Waals surface area contributed by atoms with Crippen LogP contribution in [-0.2, 0) is 11.3 Å². The van der Waals surface area contributed by atoms with Crippen LogP contribution in [0.1, 0.15) is 12.0 Å². The van der Waals surface area contributed by atoms with Crippen LogP contribution in [0.2, 0.25) is 0 Å². The summed E-state index contributed by atoms with van der Waals surface area (Å²) in [6.07, 6.45) is -2.58. The van der Waals surface area contributed by atoms with Crippen molar-refractivity contribution in [3.63, 3.8) is 0 Å². The number of hydrogen-bond donors (Lipinski definition) is 1. The maximum atomic E-state index is 12.3. The van der Waals surface area contributed by atoms with E-state index in [9.17, 15) is 13.6 Å². The molecule has 5 heteroatoms. The Morgan fingerprint density at radius 2 is 1.94 bits per heavy atom. The zero-order valence-corrected chi connectivity index (χ0v) is 9.35. The summed E-state index contributed by atoms with van der Waals surface area (Å²) >= 11 is 0. The fourth-order valence-electron chi connectivity index (χ4n) is 1.53. The summed E-state index contributed by atoms with van der Waals surface area (Å²) < 4.78 is 24.6. The predicted molar refractivity (Wildman–Crippen MR) is 60.0 cm³/mol. The number of carbonyl (C=O) groups is 1. The lowest BCUT2D eigenvalue weighted by molar-refractivity contribution is -0.137. The lowest BCUT2D eigenvalue weighted by atomic mass is 10.2. The number of hydrogen-bond acceptors (Lipinski definition) is 2. The van der Waals surface area contributed by atoms with Gasteiger partial charge in [-0.05, 0) is 5.56 Å². The molecule has 1 aromatic rings. The van der Waals surface area contributed by atoms with Crippen LogP contribution in [0.4, 0.5) is 8.78 Å². The number of nitrogens with zero attached hydrogens (tertiary/aromatic N) is 1. The average molecular weight is 243 g/mol. The topological polar surface area (TPSA) is 40.5 Å². The molecule has 1 aromatic carbocycles. The molecule has 17 heavy (non-hydrogen) atoms. The molecule has 0 atom stereocenters. The van der Waals surface area contributed by atoms with Gasteiger partial charge < -0.3 is 5.11 Å². The lowest BCUT2D eigenvalue weighted by Gasteiger charge is -2.21. The van der Waals surface area contributed by atoms with Crippen molar-refractivity contribution >= 4 is 5.97 Å². The van der Waals surface area contributed by atoms with Crippen molar-refractivity contribution in [3.8, 4) is 0 Å². The highest BCUT2D eigenvalue weighted by Crippen LogP contribution is 2.07. The number of carboxylic acid groups (broad SMARTS) is 1. The summed E-state index contributed by atoms with van der Waals surface area (Å²) in [7, 11) is 0. The van der Waals surface area contributed by atoms with Gasteiger partial charge in [0.2, 0.25) is 0 Å². The molecule has 0 amide bonds. The number of rotatable bonds is 7. The minimum atomic E-state index is -2.45. The fraction of sp³-hybridized carbons (Fsp3) is 0.417. The van der Waals surface area contributed by atoms with Gasteiger partial charge in [0.05, 0.1) is 13.0 Å². The standard InChI is InChI=1S/C12H15F2NO2/c13-11(14)9-15(7-6-12(16)17)8-10-4-2-1-3-5-10/h1-5,11H,6-9H2,(H,16,17). The van der Waals surface area contributed by atoms with Crippen LogP contribution in [0.5, 0.6) is 0 Å². The van der Waals surface area contributed by atoms with Crippen LogP contribution >= 0.6 is 0 Å². The van der Waals surface area contributed by atoms with Gasteiger partial charge in [-0.1, -0.05) is 30.3 Å². The van der Waals surface area contributed by atoms with E-state index in [0.717, 1.165) is 5.56 Å². The Kier molecular flexibility index (Phi) is 5.56. The molecule has 0 spiro atoms. The summed E-state index contributed by atoms with van der Waals surface area (Å²) in [5.74, 6) is -0.975. The smallest absolute Gasteiger partial charge is 0.304 e. The van der Waals surface area contributed by atoms with Gasteiger partial charge in [-0.2, -0.15) is 0 Å². The Hall–Kier alpha value is -1.49. The minimum Gasteiger partial charge on any atom is -0.481 e. The van der Waals surface area contributed by atoms with Crippen LogP contribution in [0.3, 0.4) is 0 Å². The van der Waals surface area contributed by atoms with Crippen molar-refractivity contribution in [2.75, 3.05) is 13.1 Å². The second-order valence-corrected chi connectivity index (χ2v) is 3.76. The Bertz CT molecular complexity index is 344. The van der Waals surface area contributed by atoms with Crippen LogP contribution in [-0.4, -0.2) is 35.5 Å². The summed E-state index contributed by atoms with van der Waals surface area (Å²) in [5, 5.41) is 8.55. The monoisotopic (exact) mass is 243 g/mol. The van der Waals surface area contributed by atoms with E-state index in [4.69, 9.17) is 5.11 Å². The zero-order chi connectivity index (χ0) is 12.7. The van der Waals surface area contributed by atoms with Crippen molar-refractivity contribution in [3.05, 3.63) is 35.9 Å². The van der Waals surface area contributed by atoms with Gasteiger partial charge in [-0.25, -0.2) is 8.78 Å². The first-order valence-corrected chi connectivity index (χ1v) is 5.34. The van der Waals surface area contributed by atoms with Gasteiger partial charge in [0.25, 0.3) is 6.43 Å². The maximum Gasteiger partial charge on any atom is 0.304 e. The number of aliphatic carboxylic acids is 1. The number of halogens is 2. The van der Waals surface area contributed by atoms with Crippen LogP contribution in [0.25, 0.3) is 0 Å². The van der Waals surface area contributed by atoms with E-state index in [2.05, 4.69) is 0 Å². The molecule has 0 fully saturated rings. The predicted octanol–water partition coefficient (Wildman–Crippen LogP) is 2.23. The van der Waals surface area contributed by atoms with Gasteiger partial charge in [0.1, 0.15) is 0 Å². The number of alkyl halides is 2. The highest BCUT2D eigenvalue weighted by atomic mass is 19.3. The van der Waals surface area contributed by atoms with E-state index in [1.54, 1.807) is 0 Å². The summed E-state index contributed by atoms with van der Waals surface area (Å²) in [4.78, 5) is 11.9. The molecule has 0 aliphatic rings. The van der Waals surface area contributed by atoms with Gasteiger partial charge in [0, 0.05) is 13.1 Å². The van der Waals surface area contributed by atoms with E-state index in [1.165, 1.54) is 4.90 Å². The van der Waals surface area contributed by atoms with Crippen molar-refractivity contribution in [2.45, 2.75) is 19.4 Å². The Labute approximate surface area is 98.7 Å². The minimum absolute atomic E-state index is 0.125. The number of benzene rings is 1. The first-order chi connectivity index (χ1) is 8.08. The van der Waals surface area contributed by atoms with Crippen molar-refractivity contribution in [1.82, 2.24) is 4.90 Å². The third-order valence-corrected chi connectivity index (χ3v) is 2.29. The molecule has 0 aliphatic carbocycles. The highest BCUT2D eigenvalue weighted by Gasteiger charge is 2.13. The molecule has 1 rings (SSSR count). The van der Waals surface area contributed by atoms with E-state index in [-0.39, 0.29) is 13.0 Å². The van der Waals surface area contributed by atoms with Crippen LogP contribution < -0.4 is 0 Å². The van der Waals surface area contributed by atoms with Crippen molar-refractivity contribution in [1.29, 1.82) is 0 Å². The van der Waals surface area contributed by atoms with Gasteiger partial charge in [0.15, 0.2) is 0 Å². The molecular weight excluding hydrogens is 228 g/mol. The molecule has 0 heterocycles. The second-order valence-electron chi connectivity index (χ2n) is 3.76. The summed E-state index contributed by atoms with van der Waals surface area (Å²) in [6, 6.07) is 9.16. The number of carboxylic acids is 1. The Balaban J connectivity index is 2.53. The highest BCUT2D eigenvalue weighted by molar-refractivity contribution is 5.66. The molecule has 94 valence electrons. The molecule has 0 saturated carbocycles. The van der Waals surface area contributed by atoms with E-state index < -0.39 is 18.9 Å². The lowest BCUT2D eigenvalue weighted by Crippen LogP contribution is -2.30. The molecule has 1 N–H and O–H groups in total. The normalized spacial score (nSPS) is 11.1. The van der Waals surface area contributed by atoms with Gasteiger partial charge in [-0.3, -0.25) is 9.69 Å². The molecule has 0 radical (unpaired) electrons. The molecular formula is C12H15F2NO2. The first kappa shape index (κ1) is 13.6. The maximum absolute atomic E-state index is 12.3. The molecule has 0 aliphatic heterocycles. The molecule has 3 nitrogen and oxygen atoms in total. The van der Waals surface area contributed by atoms with E-state index in [0.29, 0.717) is 6.54 Å². The first-order valence-electron chi connectivity index (χ1n) is 5.34.